The van der Waals surface area contributed by atoms with Crippen molar-refractivity contribution in [1.29, 1.82) is 0 Å². The van der Waals surface area contributed by atoms with E-state index in [0.29, 0.717) is 49.4 Å². The van der Waals surface area contributed by atoms with E-state index < -0.39 is 172 Å². The topological polar surface area (TPSA) is 446 Å². The summed E-state index contributed by atoms with van der Waals surface area (Å²) in [5, 5.41) is 87.8. The SMILES string of the molecule is C=P(C)(C)CC[C@H]1O[C@@H](n2cc(CC)c(=O)[nH]c2=S)[C@H](O)[C@@H]1O.C=P(C)(C)CC[C@H]1O[C@@H](n2cc(CN(C)C(=O)C(F)(F)F)c(=O)[nH]c2=O)[C@H](O)[C@@H]1O.C=P(C)(C)CC[C@H]1O[C@@H](n2cc(CNC(C)=O)c(=O)[nH]c2=S)[C@H](O)[C@@H]1O.C=P(C)(C)CC[C@H]1O[C@@H](n2cc(CNC)c(=O)[nH]c2=O)[C@H](O)[C@@H]1O. The Hall–Kier alpha value is -5.03. The van der Waals surface area contributed by atoms with Gasteiger partial charge in [-0.15, -0.1) is 52.7 Å². The Kier molecular flexibility index (Phi) is 31.6. The average Bonchev–Trinajstić information content (AvgIpc) is 1.71. The van der Waals surface area contributed by atoms with E-state index in [9.17, 15) is 92.4 Å². The molecule has 14 N–H and O–H groups in total. The first-order valence-corrected chi connectivity index (χ1v) is 45.8. The molecular formula is C63H102F3N11O20P4S2. The van der Waals surface area contributed by atoms with Crippen LogP contribution in [0, 0.1) is 9.54 Å². The van der Waals surface area contributed by atoms with Crippen LogP contribution in [0.5, 0.6) is 0 Å². The molecule has 0 saturated carbocycles. The van der Waals surface area contributed by atoms with Crippen LogP contribution >= 0.6 is 52.0 Å². The fourth-order valence-electron chi connectivity index (χ4n) is 11.1. The fourth-order valence-corrected chi connectivity index (χ4v) is 15.4. The summed E-state index contributed by atoms with van der Waals surface area (Å²) >= 11 is 10.3. The molecule has 0 radical (unpaired) electrons. The number of nitrogens with zero attached hydrogens (tertiary/aromatic N) is 5. The summed E-state index contributed by atoms with van der Waals surface area (Å²) < 4.78 is 65.9. The third-order valence-electron chi connectivity index (χ3n) is 17.0. The lowest BCUT2D eigenvalue weighted by atomic mass is 10.1. The lowest BCUT2D eigenvalue weighted by molar-refractivity contribution is -0.184. The second-order valence-corrected chi connectivity index (χ2v) is 46.8. The van der Waals surface area contributed by atoms with E-state index in [1.165, 1.54) is 28.5 Å². The molecule has 4 aromatic heterocycles. The molecule has 16 atom stereocenters. The highest BCUT2D eigenvalue weighted by Gasteiger charge is 2.48. The van der Waals surface area contributed by atoms with E-state index in [1.54, 1.807) is 13.2 Å². The number of amides is 2. The van der Waals surface area contributed by atoms with Gasteiger partial charge in [-0.25, -0.2) is 9.59 Å². The number of aromatic amines is 4. The van der Waals surface area contributed by atoms with Crippen molar-refractivity contribution >= 4 is 89.0 Å². The van der Waals surface area contributed by atoms with Gasteiger partial charge in [0.15, 0.2) is 34.5 Å². The Morgan fingerprint density at radius 3 is 1.10 bits per heavy atom. The van der Waals surface area contributed by atoms with Crippen molar-refractivity contribution in [2.75, 3.05) is 92.1 Å². The van der Waals surface area contributed by atoms with Gasteiger partial charge in [-0.1, -0.05) is 6.92 Å². The number of nitrogens with one attached hydrogen (secondary N) is 6. The first kappa shape index (κ1) is 88.6. The highest BCUT2D eigenvalue weighted by Crippen LogP contribution is 2.43. The molecule has 4 aliphatic heterocycles. The van der Waals surface area contributed by atoms with Crippen molar-refractivity contribution in [2.24, 2.45) is 0 Å². The molecule has 0 aromatic carbocycles. The van der Waals surface area contributed by atoms with Crippen molar-refractivity contribution in [3.05, 3.63) is 119 Å². The first-order chi connectivity index (χ1) is 47.4. The quantitative estimate of drug-likeness (QED) is 0.0348. The Morgan fingerprint density at radius 1 is 0.505 bits per heavy atom. The lowest BCUT2D eigenvalue weighted by Gasteiger charge is -2.21. The maximum Gasteiger partial charge on any atom is 0.471 e. The van der Waals surface area contributed by atoms with Crippen molar-refractivity contribution < 1.29 is 82.6 Å². The number of aliphatic hydroxyl groups excluding tert-OH is 8. The fraction of sp³-hybridized carbons (Fsp3) is 0.651. The number of halogens is 3. The minimum absolute atomic E-state index is 0.0231. The maximum atomic E-state index is 12.6. The van der Waals surface area contributed by atoms with E-state index in [0.717, 1.165) is 40.9 Å². The molecule has 40 heteroatoms. The number of rotatable bonds is 23. The lowest BCUT2D eigenvalue weighted by Crippen LogP contribution is -2.42. The van der Waals surface area contributed by atoms with Crippen LogP contribution in [0.15, 0.2) is 53.6 Å². The van der Waals surface area contributed by atoms with E-state index in [2.05, 4.69) is 90.8 Å². The third-order valence-corrected chi connectivity index (χ3v) is 23.5. The van der Waals surface area contributed by atoms with Crippen LogP contribution in [0.25, 0.3) is 0 Å². The second-order valence-electron chi connectivity index (χ2n) is 28.7. The van der Waals surface area contributed by atoms with E-state index in [-0.39, 0.29) is 50.1 Å². The number of aliphatic hydroxyl groups is 8. The molecule has 2 amide bonds. The zero-order valence-corrected chi connectivity index (χ0v) is 65.0. The third kappa shape index (κ3) is 25.0. The number of aryl methyl sites for hydroxylation is 1. The molecule has 8 rings (SSSR count). The highest BCUT2D eigenvalue weighted by atomic mass is 32.1. The number of carbonyl (C=O) groups is 2. The smallest absolute Gasteiger partial charge is 0.388 e. The number of H-pyrrole nitrogens is 4. The molecule has 8 heterocycles. The maximum absolute atomic E-state index is 12.6. The van der Waals surface area contributed by atoms with Crippen LogP contribution in [0.1, 0.15) is 86.7 Å². The summed E-state index contributed by atoms with van der Waals surface area (Å²) in [6.07, 6.45) is 6.58. The summed E-state index contributed by atoms with van der Waals surface area (Å²) in [5.41, 5.74) is -2.94. The first-order valence-electron chi connectivity index (χ1n) is 32.7. The van der Waals surface area contributed by atoms with E-state index in [1.807, 2.05) is 25.2 Å². The number of aromatic nitrogens is 8. The van der Waals surface area contributed by atoms with Crippen molar-refractivity contribution in [3.8, 4) is 0 Å². The summed E-state index contributed by atoms with van der Waals surface area (Å²) in [6, 6.07) is 0. The molecule has 582 valence electrons. The molecule has 4 fully saturated rings. The number of alkyl halides is 3. The van der Waals surface area contributed by atoms with Gasteiger partial charge in [0, 0.05) is 63.0 Å². The molecular weight excluding hydrogens is 1480 g/mol. The zero-order valence-electron chi connectivity index (χ0n) is 59.8. The predicted octanol–water partition coefficient (Wildman–Crippen LogP) is 0.198. The summed E-state index contributed by atoms with van der Waals surface area (Å²) in [6.45, 7) is 14.1. The monoisotopic (exact) mass is 1580 g/mol. The van der Waals surface area contributed by atoms with Gasteiger partial charge in [0.25, 0.3) is 22.2 Å². The summed E-state index contributed by atoms with van der Waals surface area (Å²) in [4.78, 5) is 104. The van der Waals surface area contributed by atoms with Crippen LogP contribution in [0.3, 0.4) is 0 Å². The number of carbonyl (C=O) groups excluding carboxylic acids is 2. The number of ether oxygens (including phenoxy) is 4. The van der Waals surface area contributed by atoms with Gasteiger partial charge < -0.3 is 75.3 Å². The number of hydrogen-bond acceptors (Lipinski definition) is 23. The molecule has 0 bridgehead atoms. The molecule has 0 spiro atoms. The molecule has 31 nitrogen and oxygen atoms in total. The van der Waals surface area contributed by atoms with E-state index >= 15 is 0 Å². The van der Waals surface area contributed by atoms with Gasteiger partial charge >= 0.3 is 23.5 Å². The minimum atomic E-state index is -5.12. The van der Waals surface area contributed by atoms with Gasteiger partial charge in [0.2, 0.25) is 5.91 Å². The van der Waals surface area contributed by atoms with Crippen LogP contribution < -0.4 is 44.3 Å². The van der Waals surface area contributed by atoms with Gasteiger partial charge in [-0.2, -0.15) is 13.2 Å². The summed E-state index contributed by atoms with van der Waals surface area (Å²) in [7, 11) is 2.54. The van der Waals surface area contributed by atoms with Gasteiger partial charge in [0.1, 0.15) is 48.8 Å². The molecule has 0 unspecified atom stereocenters. The minimum Gasteiger partial charge on any atom is -0.388 e. The zero-order chi connectivity index (χ0) is 78.1. The Bertz CT molecular complexity index is 4330. The molecule has 4 aliphatic rings. The molecule has 4 saturated heterocycles. The van der Waals surface area contributed by atoms with Crippen LogP contribution in [0.4, 0.5) is 13.2 Å². The van der Waals surface area contributed by atoms with Gasteiger partial charge in [-0.05, 0) is 142 Å². The van der Waals surface area contributed by atoms with Gasteiger partial charge in [-0.3, -0.25) is 67.0 Å². The van der Waals surface area contributed by atoms with Crippen molar-refractivity contribution in [1.82, 2.24) is 53.7 Å². The standard InChI is InChI=1S/C17H25F3N3O6P.C16H26N3O5PS.C15H26N3O5P.C15H25N2O4PS/c1-22(15(27)17(18,19)20)7-9-8-23(16(28)21-13(9)26)14-12(25)11(24)10(29-14)5-6-30(2,3)4;1-9(20)17-7-10-8-19(16(26)18-14(10)23)15-13(22)12(21)11(24-15)5-6-25(2,3)4;1-16-7-9-8-18(15(22)17-13(9)21)14-12(20)11(19)10(23-14)5-6-24(2,3)4;1-5-9-8-17(15(23)16-13(9)20)14-12(19)11(18)10(21-14)6-7-22(2,3)4/h8,10-12,14,24-25H,2,5-7H2,1,3-4H3,(H,21,26,28);8,11-13,15,21-22H,2,5-7H2,1,3-4H3,(H,17,20)(H,18,23,26);8,10-12,14,16,19-20H,2,5-7H2,1,3-4H3,(H,17,21,22);8,10-12,14,18-19H,2,5-7H2,1,3-4H3,(H,16,20,23)/t10-,11-,12-,14-;11-,12-,13-,15-;2*10-,11-,12-,14-/m1111/s1. The Balaban J connectivity index is 0.000000248. The number of hydrogen-bond donors (Lipinski definition) is 14. The average molecular weight is 1580 g/mol. The van der Waals surface area contributed by atoms with Crippen molar-refractivity contribution in [2.45, 2.75) is 170 Å². The van der Waals surface area contributed by atoms with Crippen molar-refractivity contribution in [3.63, 3.8) is 0 Å². The Morgan fingerprint density at radius 2 is 0.786 bits per heavy atom. The summed E-state index contributed by atoms with van der Waals surface area (Å²) in [5.74, 6) is -2.43. The van der Waals surface area contributed by atoms with Gasteiger partial charge in [0.05, 0.1) is 42.1 Å². The van der Waals surface area contributed by atoms with Crippen LogP contribution in [-0.4, -0.2) is 292 Å². The normalized spacial score (nSPS) is 26.5. The molecule has 103 heavy (non-hydrogen) atoms. The molecule has 4 aromatic rings. The van der Waals surface area contributed by atoms with E-state index in [4.69, 9.17) is 43.4 Å². The van der Waals surface area contributed by atoms with Crippen LogP contribution in [0.2, 0.25) is 0 Å². The molecule has 0 aliphatic carbocycles. The van der Waals surface area contributed by atoms with Crippen LogP contribution in [-0.2, 0) is 54.6 Å². The predicted molar refractivity (Wildman–Crippen MR) is 402 cm³/mol. The largest absolute Gasteiger partial charge is 0.471 e. The Labute approximate surface area is 603 Å². The highest BCUT2D eigenvalue weighted by molar-refractivity contribution is 7.73. The second kappa shape index (κ2) is 36.7.